The minimum atomic E-state index is -0.0786. The molecule has 1 aromatic carbocycles. The molecule has 6 heteroatoms. The fraction of sp³-hybridized carbons (Fsp3) is 0.133. The van der Waals surface area contributed by atoms with Crippen molar-refractivity contribution in [1.82, 2.24) is 9.55 Å². The van der Waals surface area contributed by atoms with Gasteiger partial charge in [-0.25, -0.2) is 9.98 Å². The quantitative estimate of drug-likeness (QED) is 0.727. The maximum absolute atomic E-state index is 12.5. The zero-order chi connectivity index (χ0) is 14.8. The van der Waals surface area contributed by atoms with Crippen molar-refractivity contribution in [2.24, 2.45) is 4.99 Å². The SMILES string of the molecule is CCn1c(=Nc2ccccc2Cl)sc2ncccc2c1=O. The van der Waals surface area contributed by atoms with Gasteiger partial charge in [-0.15, -0.1) is 0 Å². The second kappa shape index (κ2) is 5.79. The van der Waals surface area contributed by atoms with Gasteiger partial charge in [0.25, 0.3) is 5.56 Å². The number of nitrogens with zero attached hydrogens (tertiary/aromatic N) is 3. The Morgan fingerprint density at radius 2 is 2.10 bits per heavy atom. The standard InChI is InChI=1S/C15H12ClN3OS/c1-2-19-14(20)10-6-5-9-17-13(10)21-15(19)18-12-8-4-3-7-11(12)16/h3-9H,2H2,1H3. The van der Waals surface area contributed by atoms with Gasteiger partial charge < -0.3 is 0 Å². The first kappa shape index (κ1) is 14.0. The van der Waals surface area contributed by atoms with Crippen molar-refractivity contribution >= 4 is 38.8 Å². The highest BCUT2D eigenvalue weighted by molar-refractivity contribution is 7.15. The summed E-state index contributed by atoms with van der Waals surface area (Å²) >= 11 is 7.52. The summed E-state index contributed by atoms with van der Waals surface area (Å²) in [5.74, 6) is 0. The Labute approximate surface area is 130 Å². The minimum Gasteiger partial charge on any atom is -0.284 e. The Hall–Kier alpha value is -1.98. The van der Waals surface area contributed by atoms with Crippen LogP contribution in [0.1, 0.15) is 6.92 Å². The van der Waals surface area contributed by atoms with E-state index < -0.39 is 0 Å². The van der Waals surface area contributed by atoms with Crippen molar-refractivity contribution in [2.45, 2.75) is 13.5 Å². The number of rotatable bonds is 2. The average molecular weight is 318 g/mol. The van der Waals surface area contributed by atoms with Crippen molar-refractivity contribution in [2.75, 3.05) is 0 Å². The fourth-order valence-corrected chi connectivity index (χ4v) is 3.21. The summed E-state index contributed by atoms with van der Waals surface area (Å²) in [5, 5.41) is 1.17. The smallest absolute Gasteiger partial charge is 0.263 e. The summed E-state index contributed by atoms with van der Waals surface area (Å²) in [6.07, 6.45) is 1.67. The van der Waals surface area contributed by atoms with E-state index in [9.17, 15) is 4.79 Å². The Morgan fingerprint density at radius 3 is 2.86 bits per heavy atom. The molecule has 0 amide bonds. The number of para-hydroxylation sites is 1. The van der Waals surface area contributed by atoms with Crippen LogP contribution in [0.25, 0.3) is 10.2 Å². The van der Waals surface area contributed by atoms with Crippen LogP contribution in [0.15, 0.2) is 52.4 Å². The van der Waals surface area contributed by atoms with Crippen molar-refractivity contribution in [3.8, 4) is 0 Å². The number of hydrogen-bond donors (Lipinski definition) is 0. The lowest BCUT2D eigenvalue weighted by molar-refractivity contribution is 0.708. The van der Waals surface area contributed by atoms with Gasteiger partial charge >= 0.3 is 0 Å². The molecule has 0 bridgehead atoms. The lowest BCUT2D eigenvalue weighted by Gasteiger charge is -2.05. The first-order valence-electron chi connectivity index (χ1n) is 6.48. The van der Waals surface area contributed by atoms with Crippen LogP contribution in [-0.2, 0) is 6.54 Å². The Morgan fingerprint density at radius 1 is 1.29 bits per heavy atom. The lowest BCUT2D eigenvalue weighted by atomic mass is 10.3. The van der Waals surface area contributed by atoms with E-state index in [4.69, 9.17) is 11.6 Å². The second-order valence-electron chi connectivity index (χ2n) is 4.35. The maximum atomic E-state index is 12.5. The van der Waals surface area contributed by atoms with Crippen molar-refractivity contribution < 1.29 is 0 Å². The molecule has 0 aliphatic rings. The van der Waals surface area contributed by atoms with Gasteiger partial charge in [0.1, 0.15) is 4.83 Å². The molecule has 0 radical (unpaired) electrons. The predicted molar refractivity (Wildman–Crippen MR) is 86.2 cm³/mol. The number of benzene rings is 1. The molecule has 3 rings (SSSR count). The normalized spacial score (nSPS) is 12.0. The zero-order valence-electron chi connectivity index (χ0n) is 11.3. The van der Waals surface area contributed by atoms with Gasteiger partial charge in [-0.05, 0) is 31.2 Å². The number of fused-ring (bicyclic) bond motifs is 1. The molecule has 2 heterocycles. The van der Waals surface area contributed by atoms with E-state index in [1.54, 1.807) is 29.0 Å². The molecule has 0 N–H and O–H groups in total. The van der Waals surface area contributed by atoms with Crippen LogP contribution >= 0.6 is 22.9 Å². The largest absolute Gasteiger partial charge is 0.284 e. The molecule has 106 valence electrons. The molecule has 0 saturated heterocycles. The summed E-state index contributed by atoms with van der Waals surface area (Å²) in [6.45, 7) is 2.46. The first-order valence-corrected chi connectivity index (χ1v) is 7.68. The fourth-order valence-electron chi connectivity index (χ4n) is 2.02. The van der Waals surface area contributed by atoms with Crippen LogP contribution in [0, 0.1) is 0 Å². The molecule has 0 unspecified atom stereocenters. The predicted octanol–water partition coefficient (Wildman–Crippen LogP) is 3.36. The topological polar surface area (TPSA) is 47.2 Å². The van der Waals surface area contributed by atoms with Gasteiger partial charge in [0, 0.05) is 12.7 Å². The van der Waals surface area contributed by atoms with Gasteiger partial charge in [0.05, 0.1) is 16.1 Å². The molecule has 2 aromatic heterocycles. The number of pyridine rings is 1. The summed E-state index contributed by atoms with van der Waals surface area (Å²) in [7, 11) is 0. The maximum Gasteiger partial charge on any atom is 0.263 e. The molecule has 0 atom stereocenters. The molecule has 3 aromatic rings. The molecule has 0 aliphatic carbocycles. The number of aromatic nitrogens is 2. The van der Waals surface area contributed by atoms with Crippen LogP contribution in [-0.4, -0.2) is 9.55 Å². The molecule has 4 nitrogen and oxygen atoms in total. The third-order valence-electron chi connectivity index (χ3n) is 3.05. The highest BCUT2D eigenvalue weighted by Crippen LogP contribution is 2.23. The summed E-state index contributed by atoms with van der Waals surface area (Å²) in [6, 6.07) is 10.9. The summed E-state index contributed by atoms with van der Waals surface area (Å²) in [5.41, 5.74) is 0.567. The monoisotopic (exact) mass is 317 g/mol. The highest BCUT2D eigenvalue weighted by Gasteiger charge is 2.06. The van der Waals surface area contributed by atoms with E-state index in [0.717, 1.165) is 0 Å². The van der Waals surface area contributed by atoms with Crippen molar-refractivity contribution in [1.29, 1.82) is 0 Å². The molecule has 0 aliphatic heterocycles. The molecule has 0 spiro atoms. The minimum absolute atomic E-state index is 0.0786. The van der Waals surface area contributed by atoms with E-state index >= 15 is 0 Å². The van der Waals surface area contributed by atoms with Gasteiger partial charge in [-0.1, -0.05) is 35.1 Å². The molecular weight excluding hydrogens is 306 g/mol. The van der Waals surface area contributed by atoms with Crippen molar-refractivity contribution in [3.63, 3.8) is 0 Å². The van der Waals surface area contributed by atoms with Crippen LogP contribution in [0.4, 0.5) is 5.69 Å². The Kier molecular flexibility index (Phi) is 3.86. The Bertz CT molecular complexity index is 930. The van der Waals surface area contributed by atoms with Gasteiger partial charge in [-0.3, -0.25) is 9.36 Å². The van der Waals surface area contributed by atoms with Crippen LogP contribution in [0.5, 0.6) is 0 Å². The third kappa shape index (κ3) is 2.62. The average Bonchev–Trinajstić information content (AvgIpc) is 2.50. The van der Waals surface area contributed by atoms with Gasteiger partial charge in [0.15, 0.2) is 4.80 Å². The van der Waals surface area contributed by atoms with E-state index in [2.05, 4.69) is 9.98 Å². The highest BCUT2D eigenvalue weighted by atomic mass is 35.5. The van der Waals surface area contributed by atoms with Gasteiger partial charge in [-0.2, -0.15) is 0 Å². The summed E-state index contributed by atoms with van der Waals surface area (Å²) in [4.78, 5) is 22.6. The van der Waals surface area contributed by atoms with Crippen LogP contribution in [0.3, 0.4) is 0 Å². The molecule has 21 heavy (non-hydrogen) atoms. The molecule has 0 fully saturated rings. The van der Waals surface area contributed by atoms with Crippen LogP contribution in [0.2, 0.25) is 5.02 Å². The lowest BCUT2D eigenvalue weighted by Crippen LogP contribution is -2.31. The second-order valence-corrected chi connectivity index (χ2v) is 5.72. The van der Waals surface area contributed by atoms with Crippen LogP contribution < -0.4 is 10.4 Å². The van der Waals surface area contributed by atoms with E-state index in [1.807, 2.05) is 25.1 Å². The van der Waals surface area contributed by atoms with E-state index in [-0.39, 0.29) is 5.56 Å². The number of halogens is 1. The third-order valence-corrected chi connectivity index (χ3v) is 4.38. The van der Waals surface area contributed by atoms with Crippen molar-refractivity contribution in [3.05, 3.63) is 62.8 Å². The van der Waals surface area contributed by atoms with Gasteiger partial charge in [0.2, 0.25) is 0 Å². The zero-order valence-corrected chi connectivity index (χ0v) is 12.9. The molecular formula is C15H12ClN3OS. The summed E-state index contributed by atoms with van der Waals surface area (Å²) < 4.78 is 1.64. The van der Waals surface area contributed by atoms with E-state index in [0.29, 0.717) is 32.3 Å². The van der Waals surface area contributed by atoms with E-state index in [1.165, 1.54) is 11.3 Å². The Balaban J connectivity index is 2.37. The number of hydrogen-bond acceptors (Lipinski definition) is 4. The molecule has 0 saturated carbocycles. The first-order chi connectivity index (χ1) is 10.2.